The molecule has 0 aliphatic carbocycles. The first-order chi connectivity index (χ1) is 18.6. The lowest BCUT2D eigenvalue weighted by Crippen LogP contribution is -2.46. The first-order valence-electron chi connectivity index (χ1n) is 13.4. The van der Waals surface area contributed by atoms with E-state index in [2.05, 4.69) is 17.1 Å². The molecular weight excluding hydrogens is 480 g/mol. The molecule has 2 aliphatic heterocycles. The number of ether oxygens (including phenoxy) is 2. The zero-order chi connectivity index (χ0) is 26.5. The average Bonchev–Trinajstić information content (AvgIpc) is 3.42. The van der Waals surface area contributed by atoms with Crippen molar-refractivity contribution in [3.8, 4) is 0 Å². The van der Waals surface area contributed by atoms with E-state index in [0.717, 1.165) is 36.1 Å². The van der Waals surface area contributed by atoms with Crippen LogP contribution in [-0.2, 0) is 16.1 Å². The summed E-state index contributed by atoms with van der Waals surface area (Å²) in [5.74, 6) is -0.113. The van der Waals surface area contributed by atoms with Crippen molar-refractivity contribution in [2.45, 2.75) is 50.9 Å². The Morgan fingerprint density at radius 1 is 0.974 bits per heavy atom. The second-order valence-corrected chi connectivity index (χ2v) is 10.2. The summed E-state index contributed by atoms with van der Waals surface area (Å²) in [5, 5.41) is 22.3. The van der Waals surface area contributed by atoms with E-state index in [1.165, 1.54) is 0 Å². The van der Waals surface area contributed by atoms with Gasteiger partial charge in [0, 0.05) is 35.3 Å². The number of aliphatic hydroxyl groups is 2. The Kier molecular flexibility index (Phi) is 8.51. The van der Waals surface area contributed by atoms with E-state index < -0.39 is 6.29 Å². The summed E-state index contributed by atoms with van der Waals surface area (Å²) in [5.41, 5.74) is 3.97. The molecule has 0 radical (unpaired) electrons. The van der Waals surface area contributed by atoms with E-state index in [1.807, 2.05) is 66.7 Å². The van der Waals surface area contributed by atoms with Gasteiger partial charge in [-0.2, -0.15) is 0 Å². The van der Waals surface area contributed by atoms with Gasteiger partial charge in [0.05, 0.1) is 25.4 Å². The van der Waals surface area contributed by atoms with Gasteiger partial charge in [0.2, 0.25) is 0 Å². The Hall–Kier alpha value is -3.07. The number of nitrogens with zero attached hydrogens (tertiary/aromatic N) is 1. The molecule has 0 saturated carbocycles. The van der Waals surface area contributed by atoms with Gasteiger partial charge >= 0.3 is 0 Å². The van der Waals surface area contributed by atoms with Gasteiger partial charge in [-0.25, -0.2) is 0 Å². The van der Waals surface area contributed by atoms with Crippen molar-refractivity contribution in [3.63, 3.8) is 0 Å². The highest BCUT2D eigenvalue weighted by Gasteiger charge is 2.40. The molecule has 5 rings (SSSR count). The minimum Gasteiger partial charge on any atom is -0.395 e. The topological polar surface area (TPSA) is 91.3 Å². The number of hydrogen-bond donors (Lipinski definition) is 3. The molecule has 200 valence electrons. The molecule has 2 aliphatic rings. The number of rotatable bonds is 8. The third-order valence-corrected chi connectivity index (χ3v) is 7.70. The van der Waals surface area contributed by atoms with Crippen molar-refractivity contribution < 1.29 is 24.5 Å². The molecule has 3 N–H and O–H groups in total. The Labute approximate surface area is 224 Å². The molecule has 7 heteroatoms. The summed E-state index contributed by atoms with van der Waals surface area (Å²) >= 11 is 0. The predicted molar refractivity (Wildman–Crippen MR) is 145 cm³/mol. The van der Waals surface area contributed by atoms with Crippen LogP contribution in [0.4, 0.5) is 5.69 Å². The fourth-order valence-corrected chi connectivity index (χ4v) is 5.46. The Bertz CT molecular complexity index is 1200. The van der Waals surface area contributed by atoms with Crippen LogP contribution < -0.4 is 5.32 Å². The number of benzene rings is 3. The normalized spacial score (nSPS) is 25.8. The Balaban J connectivity index is 1.39. The van der Waals surface area contributed by atoms with Gasteiger partial charge in [-0.1, -0.05) is 61.5 Å². The second-order valence-electron chi connectivity index (χ2n) is 10.2. The number of likely N-dealkylation sites (tertiary alicyclic amines) is 1. The van der Waals surface area contributed by atoms with Gasteiger partial charge in [-0.05, 0) is 54.8 Å². The molecule has 3 aromatic rings. The van der Waals surface area contributed by atoms with E-state index in [4.69, 9.17) is 9.47 Å². The number of aliphatic hydroxyl groups excluding tert-OH is 2. The molecule has 3 aromatic carbocycles. The summed E-state index contributed by atoms with van der Waals surface area (Å²) in [6.45, 7) is 3.94. The molecule has 2 saturated heterocycles. The lowest BCUT2D eigenvalue weighted by atomic mass is 9.90. The summed E-state index contributed by atoms with van der Waals surface area (Å²) in [6, 6.07) is 24.7. The number of hydrogen-bond acceptors (Lipinski definition) is 6. The molecule has 0 aromatic heterocycles. The molecular formula is C31H36N2O5. The molecule has 0 unspecified atom stereocenters. The van der Waals surface area contributed by atoms with Crippen LogP contribution in [0.3, 0.4) is 0 Å². The van der Waals surface area contributed by atoms with Crippen molar-refractivity contribution >= 4 is 11.6 Å². The van der Waals surface area contributed by atoms with Gasteiger partial charge < -0.3 is 25.0 Å². The number of anilines is 1. The van der Waals surface area contributed by atoms with Crippen LogP contribution in [0.2, 0.25) is 0 Å². The quantitative estimate of drug-likeness (QED) is 0.403. The van der Waals surface area contributed by atoms with Crippen LogP contribution in [0, 0.1) is 5.92 Å². The Morgan fingerprint density at radius 2 is 1.76 bits per heavy atom. The lowest BCUT2D eigenvalue weighted by molar-refractivity contribution is -0.276. The van der Waals surface area contributed by atoms with E-state index in [9.17, 15) is 15.0 Å². The maximum atomic E-state index is 12.7. The van der Waals surface area contributed by atoms with Gasteiger partial charge in [0.25, 0.3) is 5.91 Å². The van der Waals surface area contributed by atoms with Crippen LogP contribution >= 0.6 is 0 Å². The van der Waals surface area contributed by atoms with E-state index in [0.29, 0.717) is 17.8 Å². The maximum absolute atomic E-state index is 12.7. The largest absolute Gasteiger partial charge is 0.395 e. The van der Waals surface area contributed by atoms with E-state index >= 15 is 0 Å². The molecule has 1 amide bonds. The minimum absolute atomic E-state index is 0.00524. The number of carbonyl (C=O) groups excluding carboxylic acids is 1. The highest BCUT2D eigenvalue weighted by molar-refractivity contribution is 6.04. The average molecular weight is 517 g/mol. The zero-order valence-electron chi connectivity index (χ0n) is 21.7. The van der Waals surface area contributed by atoms with Crippen LogP contribution in [0.15, 0.2) is 78.9 Å². The molecule has 2 fully saturated rings. The van der Waals surface area contributed by atoms with Crippen LogP contribution in [0.25, 0.3) is 0 Å². The molecule has 38 heavy (non-hydrogen) atoms. The van der Waals surface area contributed by atoms with Crippen molar-refractivity contribution in [2.24, 2.45) is 5.92 Å². The summed E-state index contributed by atoms with van der Waals surface area (Å²) in [7, 11) is 0. The van der Waals surface area contributed by atoms with Crippen LogP contribution in [-0.4, -0.2) is 52.9 Å². The fourth-order valence-electron chi connectivity index (χ4n) is 5.46. The first-order valence-corrected chi connectivity index (χ1v) is 13.4. The van der Waals surface area contributed by atoms with Gasteiger partial charge in [0.1, 0.15) is 0 Å². The van der Waals surface area contributed by atoms with Gasteiger partial charge in [0.15, 0.2) is 6.29 Å². The first kappa shape index (κ1) is 26.5. The predicted octanol–water partition coefficient (Wildman–Crippen LogP) is 4.68. The summed E-state index contributed by atoms with van der Waals surface area (Å²) in [6.07, 6.45) is 1.10. The van der Waals surface area contributed by atoms with Crippen molar-refractivity contribution in [3.05, 3.63) is 101 Å². The van der Waals surface area contributed by atoms with Crippen LogP contribution in [0.1, 0.15) is 59.2 Å². The summed E-state index contributed by atoms with van der Waals surface area (Å²) in [4.78, 5) is 15.0. The highest BCUT2D eigenvalue weighted by atomic mass is 16.7. The number of nitrogens with one attached hydrogen (secondary N) is 1. The van der Waals surface area contributed by atoms with Crippen molar-refractivity contribution in [2.75, 3.05) is 25.0 Å². The highest BCUT2D eigenvalue weighted by Crippen LogP contribution is 2.42. The summed E-state index contributed by atoms with van der Waals surface area (Å²) < 4.78 is 13.2. The minimum atomic E-state index is -0.623. The third-order valence-electron chi connectivity index (χ3n) is 7.70. The van der Waals surface area contributed by atoms with Crippen LogP contribution in [0.5, 0.6) is 0 Å². The molecule has 7 nitrogen and oxygen atoms in total. The molecule has 5 atom stereocenters. The molecule has 0 bridgehead atoms. The van der Waals surface area contributed by atoms with E-state index in [1.54, 1.807) is 12.1 Å². The fraction of sp³-hybridized carbons (Fsp3) is 0.387. The Morgan fingerprint density at radius 3 is 2.50 bits per heavy atom. The lowest BCUT2D eigenvalue weighted by Gasteiger charge is -2.43. The smallest absolute Gasteiger partial charge is 0.255 e. The molecule has 0 spiro atoms. The number of amides is 1. The van der Waals surface area contributed by atoms with Crippen molar-refractivity contribution in [1.29, 1.82) is 0 Å². The van der Waals surface area contributed by atoms with Gasteiger partial charge in [-0.3, -0.25) is 9.69 Å². The van der Waals surface area contributed by atoms with Crippen molar-refractivity contribution in [1.82, 2.24) is 4.90 Å². The second kappa shape index (κ2) is 12.2. The number of carbonyl (C=O) groups is 1. The van der Waals surface area contributed by atoms with E-state index in [-0.39, 0.29) is 43.3 Å². The maximum Gasteiger partial charge on any atom is 0.255 e. The zero-order valence-corrected chi connectivity index (χ0v) is 21.7. The molecule has 2 heterocycles. The third kappa shape index (κ3) is 5.98. The van der Waals surface area contributed by atoms with Gasteiger partial charge in [-0.15, -0.1) is 0 Å². The standard InChI is InChI=1S/C31H36N2O5/c1-21-28(18-33-16-6-11-27(33)20-35)37-31(38-29(21)23-14-12-22(19-34)13-15-23)25-9-5-10-26(17-25)32-30(36)24-7-3-2-4-8-24/h2-5,7-10,12-15,17,21,27-29,31,34-35H,6,11,16,18-20H2,1H3,(H,32,36)/t21-,27+,28+,29+,31+/m1/s1. The monoisotopic (exact) mass is 516 g/mol. The SMILES string of the molecule is C[C@@H]1[C@H](CN2CCC[C@H]2CO)O[C@H](c2cccc(NC(=O)c3ccccc3)c2)O[C@@H]1c1ccc(CO)cc1.